The van der Waals surface area contributed by atoms with Gasteiger partial charge in [-0.05, 0) is 60.2 Å². The third kappa shape index (κ3) is 6.44. The van der Waals surface area contributed by atoms with Gasteiger partial charge in [0.2, 0.25) is 5.95 Å². The van der Waals surface area contributed by atoms with Crippen molar-refractivity contribution in [3.63, 3.8) is 0 Å². The first kappa shape index (κ1) is 30.0. The molecule has 45 heavy (non-hydrogen) atoms. The number of anilines is 2. The Morgan fingerprint density at radius 3 is 2.82 bits per heavy atom. The number of amides is 1. The fraction of sp³-hybridized carbons (Fsp3) is 0.294. The molecule has 1 amide bonds. The minimum atomic E-state index is -1.04. The number of aromatic nitrogens is 5. The minimum Gasteiger partial charge on any atom is -0.381 e. The van der Waals surface area contributed by atoms with Gasteiger partial charge in [0.05, 0.1) is 18.0 Å². The summed E-state index contributed by atoms with van der Waals surface area (Å²) >= 11 is 0. The molecular formula is C34H35FN8O2. The molecule has 5 aromatic rings. The van der Waals surface area contributed by atoms with Crippen LogP contribution in [-0.2, 0) is 16.1 Å². The summed E-state index contributed by atoms with van der Waals surface area (Å²) in [5, 5.41) is 12.3. The molecule has 1 fully saturated rings. The Bertz CT molecular complexity index is 1920. The predicted molar refractivity (Wildman–Crippen MR) is 175 cm³/mol. The Balaban J connectivity index is 1.31. The van der Waals surface area contributed by atoms with E-state index < -0.39 is 11.7 Å². The summed E-state index contributed by atoms with van der Waals surface area (Å²) in [7, 11) is 1.76. The average molecular weight is 607 g/mol. The molecule has 2 atom stereocenters. The van der Waals surface area contributed by atoms with Crippen molar-refractivity contribution < 1.29 is 13.9 Å². The number of carbonyl (C=O) groups is 1. The highest BCUT2D eigenvalue weighted by atomic mass is 19.1. The lowest BCUT2D eigenvalue weighted by Crippen LogP contribution is -2.11. The normalized spacial score (nSPS) is 16.6. The predicted octanol–water partition coefficient (Wildman–Crippen LogP) is 7.01. The van der Waals surface area contributed by atoms with Crippen LogP contribution in [0.25, 0.3) is 27.7 Å². The lowest BCUT2D eigenvalue weighted by atomic mass is 9.99. The second kappa shape index (κ2) is 12.9. The van der Waals surface area contributed by atoms with Crippen LogP contribution in [0, 0.1) is 5.92 Å². The maximum Gasteiger partial charge on any atom is 0.283 e. The van der Waals surface area contributed by atoms with Crippen LogP contribution in [0.1, 0.15) is 50.2 Å². The van der Waals surface area contributed by atoms with Gasteiger partial charge in [-0.2, -0.15) is 19.6 Å². The summed E-state index contributed by atoms with van der Waals surface area (Å²) in [6.07, 6.45) is 8.77. The number of hydrogen-bond donors (Lipinski definition) is 2. The number of halogens is 1. The van der Waals surface area contributed by atoms with E-state index in [9.17, 15) is 9.18 Å². The number of rotatable bonds is 10. The molecule has 0 bridgehead atoms. The van der Waals surface area contributed by atoms with Gasteiger partial charge >= 0.3 is 0 Å². The third-order valence-corrected chi connectivity index (χ3v) is 8.14. The van der Waals surface area contributed by atoms with Crippen LogP contribution in [0.2, 0.25) is 0 Å². The standard InChI is InChI=1S/C34H35FN8O2/c1-20(2)29-19-39-43-31(29)41-33(37-17-22-9-11-26(15-22)45-4)42-34(43)38-18-24-7-5-6-8-27(24)30-28-12-10-25(40-32(44)21(3)35)16-23(28)13-14-36-30/h5-8,10,12-14,16-17,19-20,22,26H,3,9,11,15,18H2,1-2,4H3,(H,40,44)(H,38,41,42)/b37-17+/t22?,26-/m0/s1. The first-order valence-electron chi connectivity index (χ1n) is 15.0. The molecule has 1 aliphatic rings. The zero-order chi connectivity index (χ0) is 31.5. The SMILES string of the molecule is C=C(F)C(=O)Nc1ccc2c(-c3ccccc3CNc3nc(/N=C/C4CC[C@H](OC)C4)nc4c(C(C)C)cnn34)nccc2c1. The van der Waals surface area contributed by atoms with Crippen LogP contribution >= 0.6 is 0 Å². The molecular weight excluding hydrogens is 571 g/mol. The highest BCUT2D eigenvalue weighted by molar-refractivity contribution is 6.04. The van der Waals surface area contributed by atoms with Crippen LogP contribution in [0.4, 0.5) is 22.0 Å². The van der Waals surface area contributed by atoms with Gasteiger partial charge in [0.25, 0.3) is 11.9 Å². The van der Waals surface area contributed by atoms with Crippen molar-refractivity contribution in [2.75, 3.05) is 17.7 Å². The molecule has 10 nitrogen and oxygen atoms in total. The molecule has 0 radical (unpaired) electrons. The van der Waals surface area contributed by atoms with Crippen molar-refractivity contribution in [1.29, 1.82) is 0 Å². The molecule has 1 saturated carbocycles. The summed E-state index contributed by atoms with van der Waals surface area (Å²) in [6.45, 7) is 7.72. The zero-order valence-corrected chi connectivity index (χ0v) is 25.5. The van der Waals surface area contributed by atoms with Gasteiger partial charge in [-0.25, -0.2) is 9.38 Å². The number of aliphatic imine (C=N–C) groups is 1. The van der Waals surface area contributed by atoms with E-state index in [1.807, 2.05) is 48.8 Å². The number of methoxy groups -OCH3 is 1. The lowest BCUT2D eigenvalue weighted by Gasteiger charge is -2.14. The molecule has 0 spiro atoms. The Hall–Kier alpha value is -5.03. The van der Waals surface area contributed by atoms with E-state index in [0.29, 0.717) is 30.0 Å². The Labute approximate surface area is 260 Å². The Kier molecular flexibility index (Phi) is 8.61. The van der Waals surface area contributed by atoms with E-state index >= 15 is 0 Å². The van der Waals surface area contributed by atoms with Crippen LogP contribution in [0.3, 0.4) is 0 Å². The van der Waals surface area contributed by atoms with Gasteiger partial charge in [-0.1, -0.05) is 50.8 Å². The Morgan fingerprint density at radius 1 is 1.20 bits per heavy atom. The smallest absolute Gasteiger partial charge is 0.283 e. The summed E-state index contributed by atoms with van der Waals surface area (Å²) < 4.78 is 20.5. The van der Waals surface area contributed by atoms with Crippen LogP contribution < -0.4 is 10.6 Å². The molecule has 230 valence electrons. The highest BCUT2D eigenvalue weighted by Crippen LogP contribution is 2.32. The monoisotopic (exact) mass is 606 g/mol. The quantitative estimate of drug-likeness (QED) is 0.130. The summed E-state index contributed by atoms with van der Waals surface area (Å²) in [4.78, 5) is 30.7. The first-order valence-corrected chi connectivity index (χ1v) is 15.0. The van der Waals surface area contributed by atoms with Gasteiger partial charge in [0, 0.05) is 48.3 Å². The van der Waals surface area contributed by atoms with Crippen molar-refractivity contribution in [2.24, 2.45) is 10.9 Å². The van der Waals surface area contributed by atoms with Gasteiger partial charge < -0.3 is 15.4 Å². The van der Waals surface area contributed by atoms with E-state index in [2.05, 4.69) is 36.2 Å². The van der Waals surface area contributed by atoms with Crippen LogP contribution in [0.5, 0.6) is 0 Å². The maximum atomic E-state index is 13.2. The number of benzene rings is 2. The van der Waals surface area contributed by atoms with Crippen molar-refractivity contribution in [3.05, 3.63) is 84.5 Å². The largest absolute Gasteiger partial charge is 0.381 e. The van der Waals surface area contributed by atoms with Crippen molar-refractivity contribution in [1.82, 2.24) is 24.6 Å². The van der Waals surface area contributed by atoms with Crippen molar-refractivity contribution in [3.8, 4) is 11.3 Å². The number of hydrogen-bond acceptors (Lipinski definition) is 8. The number of pyridine rings is 1. The van der Waals surface area contributed by atoms with E-state index in [1.165, 1.54) is 0 Å². The zero-order valence-electron chi connectivity index (χ0n) is 25.5. The fourth-order valence-corrected chi connectivity index (χ4v) is 5.71. The topological polar surface area (TPSA) is 119 Å². The minimum absolute atomic E-state index is 0.224. The number of nitrogens with one attached hydrogen (secondary N) is 2. The van der Waals surface area contributed by atoms with Crippen molar-refractivity contribution >= 4 is 46.1 Å². The van der Waals surface area contributed by atoms with Crippen LogP contribution in [0.15, 0.2) is 78.3 Å². The average Bonchev–Trinajstić information content (AvgIpc) is 3.70. The van der Waals surface area contributed by atoms with Gasteiger partial charge in [-0.3, -0.25) is 9.78 Å². The van der Waals surface area contributed by atoms with Crippen LogP contribution in [-0.4, -0.2) is 49.9 Å². The molecule has 1 unspecified atom stereocenters. The lowest BCUT2D eigenvalue weighted by molar-refractivity contribution is -0.114. The summed E-state index contributed by atoms with van der Waals surface area (Å²) in [5.41, 5.74) is 4.92. The van der Waals surface area contributed by atoms with Gasteiger partial charge in [-0.15, -0.1) is 0 Å². The highest BCUT2D eigenvalue weighted by Gasteiger charge is 2.23. The van der Waals surface area contributed by atoms with E-state index in [0.717, 1.165) is 58.1 Å². The van der Waals surface area contributed by atoms with Gasteiger partial charge in [0.1, 0.15) is 0 Å². The molecule has 2 aromatic carbocycles. The number of ether oxygens (including phenoxy) is 1. The van der Waals surface area contributed by atoms with E-state index in [1.54, 1.807) is 30.0 Å². The number of carbonyl (C=O) groups excluding carboxylic acids is 1. The first-order chi connectivity index (χ1) is 21.8. The van der Waals surface area contributed by atoms with Crippen molar-refractivity contribution in [2.45, 2.75) is 51.7 Å². The fourth-order valence-electron chi connectivity index (χ4n) is 5.71. The molecule has 0 aliphatic heterocycles. The molecule has 3 aromatic heterocycles. The Morgan fingerprint density at radius 2 is 2.04 bits per heavy atom. The maximum absolute atomic E-state index is 13.2. The molecule has 3 heterocycles. The number of fused-ring (bicyclic) bond motifs is 2. The van der Waals surface area contributed by atoms with E-state index in [4.69, 9.17) is 24.7 Å². The summed E-state index contributed by atoms with van der Waals surface area (Å²) in [6, 6.07) is 15.2. The molecule has 0 saturated heterocycles. The summed E-state index contributed by atoms with van der Waals surface area (Å²) in [5.74, 6) is -0.439. The molecule has 11 heteroatoms. The molecule has 2 N–H and O–H groups in total. The van der Waals surface area contributed by atoms with E-state index in [-0.39, 0.29) is 12.0 Å². The second-order valence-electron chi connectivity index (χ2n) is 11.5. The molecule has 6 rings (SSSR count). The third-order valence-electron chi connectivity index (χ3n) is 8.14. The number of nitrogens with zero attached hydrogens (tertiary/aromatic N) is 6. The second-order valence-corrected chi connectivity index (χ2v) is 11.5. The molecule has 1 aliphatic carbocycles. The van der Waals surface area contributed by atoms with Gasteiger partial charge in [0.15, 0.2) is 11.5 Å².